The summed E-state index contributed by atoms with van der Waals surface area (Å²) >= 11 is 1.74. The summed E-state index contributed by atoms with van der Waals surface area (Å²) in [5, 5.41) is 0. The van der Waals surface area contributed by atoms with E-state index in [0.717, 1.165) is 57.6 Å². The minimum atomic E-state index is 0.233. The molecule has 0 bridgehead atoms. The number of carbonyl (C=O) groups excluding carboxylic acids is 1. The maximum Gasteiger partial charge on any atom is 0.226 e. The van der Waals surface area contributed by atoms with Crippen molar-refractivity contribution < 1.29 is 4.79 Å². The number of amides is 1. The lowest BCUT2D eigenvalue weighted by atomic mass is 9.93. The largest absolute Gasteiger partial charge is 0.342 e. The summed E-state index contributed by atoms with van der Waals surface area (Å²) in [5.41, 5.74) is 3.07. The predicted octanol–water partition coefficient (Wildman–Crippen LogP) is 3.09. The van der Waals surface area contributed by atoms with E-state index in [1.165, 1.54) is 4.88 Å². The molecule has 0 spiro atoms. The summed E-state index contributed by atoms with van der Waals surface area (Å²) in [4.78, 5) is 22.8. The first-order valence-corrected chi connectivity index (χ1v) is 9.52. The van der Waals surface area contributed by atoms with Crippen molar-refractivity contribution in [1.82, 2.24) is 14.8 Å². The number of hydrogen-bond acceptors (Lipinski definition) is 4. The Morgan fingerprint density at radius 3 is 3.00 bits per heavy atom. The highest BCUT2D eigenvalue weighted by molar-refractivity contribution is 7.09. The molecule has 2 atom stereocenters. The Kier molecular flexibility index (Phi) is 5.49. The van der Waals surface area contributed by atoms with Crippen molar-refractivity contribution in [3.63, 3.8) is 0 Å². The number of hydrogen-bond donors (Lipinski definition) is 0. The Bertz CT molecular complexity index is 568. The van der Waals surface area contributed by atoms with Gasteiger partial charge in [0.25, 0.3) is 0 Å². The Balaban J connectivity index is 1.46. The van der Waals surface area contributed by atoms with Crippen molar-refractivity contribution in [1.29, 1.82) is 0 Å². The second-order valence-electron chi connectivity index (χ2n) is 6.98. The lowest BCUT2D eigenvalue weighted by molar-refractivity contribution is -0.134. The molecule has 1 aliphatic heterocycles. The quantitative estimate of drug-likeness (QED) is 0.777. The highest BCUT2D eigenvalue weighted by atomic mass is 32.1. The van der Waals surface area contributed by atoms with Crippen LogP contribution in [-0.4, -0.2) is 47.4 Å². The Labute approximate surface area is 143 Å². The minimum Gasteiger partial charge on any atom is -0.342 e. The van der Waals surface area contributed by atoms with Crippen molar-refractivity contribution in [3.05, 3.63) is 28.2 Å². The van der Waals surface area contributed by atoms with Gasteiger partial charge in [0.2, 0.25) is 5.91 Å². The topological polar surface area (TPSA) is 36.4 Å². The van der Waals surface area contributed by atoms with Gasteiger partial charge in [0.15, 0.2) is 0 Å². The molecule has 2 heterocycles. The van der Waals surface area contributed by atoms with E-state index in [1.54, 1.807) is 11.3 Å². The number of thiazole rings is 1. The smallest absolute Gasteiger partial charge is 0.226 e. The number of nitrogens with zero attached hydrogens (tertiary/aromatic N) is 3. The minimum absolute atomic E-state index is 0.233. The molecule has 1 fully saturated rings. The lowest BCUT2D eigenvalue weighted by Crippen LogP contribution is -2.36. The zero-order valence-corrected chi connectivity index (χ0v) is 15.0. The normalized spacial score (nSPS) is 24.6. The first-order chi connectivity index (χ1) is 11.1. The number of allylic oxidation sites excluding steroid dienone is 2. The summed E-state index contributed by atoms with van der Waals surface area (Å²) in [7, 11) is 2.18. The lowest BCUT2D eigenvalue weighted by Gasteiger charge is -2.25. The van der Waals surface area contributed by atoms with Crippen LogP contribution in [0.1, 0.15) is 36.3 Å². The van der Waals surface area contributed by atoms with E-state index in [4.69, 9.17) is 0 Å². The third-order valence-corrected chi connectivity index (χ3v) is 5.96. The highest BCUT2D eigenvalue weighted by Gasteiger charge is 2.31. The summed E-state index contributed by atoms with van der Waals surface area (Å²) in [6.45, 7) is 5.98. The fourth-order valence-corrected chi connectivity index (χ4v) is 4.54. The molecule has 1 aromatic heterocycles. The van der Waals surface area contributed by atoms with Gasteiger partial charge < -0.3 is 9.80 Å². The standard InChI is InChI=1S/C18H27N3OS/c1-14-17(23-13-19-14)12-20(2)10-15-8-9-21(11-15)18(22)16-6-4-3-5-7-16/h3-4,13,15-16H,5-12H2,1-2H3/t15-,16-/m0/s1. The maximum atomic E-state index is 12.6. The van der Waals surface area contributed by atoms with Gasteiger partial charge in [-0.15, -0.1) is 11.3 Å². The third-order valence-electron chi connectivity index (χ3n) is 5.04. The average molecular weight is 334 g/mol. The summed E-state index contributed by atoms with van der Waals surface area (Å²) in [5.74, 6) is 1.23. The Morgan fingerprint density at radius 1 is 1.43 bits per heavy atom. The van der Waals surface area contributed by atoms with Gasteiger partial charge >= 0.3 is 0 Å². The van der Waals surface area contributed by atoms with E-state index in [0.29, 0.717) is 11.8 Å². The van der Waals surface area contributed by atoms with Crippen LogP contribution < -0.4 is 0 Å². The molecule has 2 aliphatic rings. The number of rotatable bonds is 5. The van der Waals surface area contributed by atoms with Gasteiger partial charge in [0.1, 0.15) is 0 Å². The fourth-order valence-electron chi connectivity index (χ4n) is 3.69. The van der Waals surface area contributed by atoms with Crippen LogP contribution in [0.2, 0.25) is 0 Å². The molecular formula is C18H27N3OS. The van der Waals surface area contributed by atoms with E-state index < -0.39 is 0 Å². The second-order valence-corrected chi connectivity index (χ2v) is 7.92. The molecule has 126 valence electrons. The molecule has 1 saturated heterocycles. The van der Waals surface area contributed by atoms with Gasteiger partial charge in [-0.25, -0.2) is 4.98 Å². The average Bonchev–Trinajstić information content (AvgIpc) is 3.17. The van der Waals surface area contributed by atoms with E-state index in [-0.39, 0.29) is 5.92 Å². The molecule has 1 aliphatic carbocycles. The molecule has 23 heavy (non-hydrogen) atoms. The van der Waals surface area contributed by atoms with Gasteiger partial charge in [-0.2, -0.15) is 0 Å². The molecule has 0 N–H and O–H groups in total. The van der Waals surface area contributed by atoms with Crippen LogP contribution in [0, 0.1) is 18.8 Å². The molecule has 4 nitrogen and oxygen atoms in total. The van der Waals surface area contributed by atoms with Crippen LogP contribution in [-0.2, 0) is 11.3 Å². The van der Waals surface area contributed by atoms with E-state index in [1.807, 2.05) is 5.51 Å². The molecule has 1 aromatic rings. The Morgan fingerprint density at radius 2 is 2.30 bits per heavy atom. The van der Waals surface area contributed by atoms with Crippen LogP contribution in [0.25, 0.3) is 0 Å². The van der Waals surface area contributed by atoms with E-state index in [2.05, 4.69) is 40.9 Å². The maximum absolute atomic E-state index is 12.6. The van der Waals surface area contributed by atoms with Crippen LogP contribution in [0.3, 0.4) is 0 Å². The third kappa shape index (κ3) is 4.21. The van der Waals surface area contributed by atoms with Gasteiger partial charge in [-0.3, -0.25) is 4.79 Å². The molecule has 3 rings (SSSR count). The number of aryl methyl sites for hydroxylation is 1. The predicted molar refractivity (Wildman–Crippen MR) is 94.4 cm³/mol. The SMILES string of the molecule is Cc1ncsc1CN(C)C[C@@H]1CCN(C(=O)[C@H]2CC=CCC2)C1. The summed E-state index contributed by atoms with van der Waals surface area (Å²) in [6.07, 6.45) is 8.54. The molecule has 0 unspecified atom stereocenters. The van der Waals surface area contributed by atoms with Crippen LogP contribution in [0.4, 0.5) is 0 Å². The van der Waals surface area contributed by atoms with Crippen LogP contribution >= 0.6 is 11.3 Å². The van der Waals surface area contributed by atoms with Gasteiger partial charge in [-0.1, -0.05) is 12.2 Å². The molecule has 1 amide bonds. The van der Waals surface area contributed by atoms with Crippen molar-refractivity contribution in [2.24, 2.45) is 11.8 Å². The molecule has 0 saturated carbocycles. The van der Waals surface area contributed by atoms with Crippen LogP contribution in [0.5, 0.6) is 0 Å². The van der Waals surface area contributed by atoms with Gasteiger partial charge in [-0.05, 0) is 45.6 Å². The summed E-state index contributed by atoms with van der Waals surface area (Å²) < 4.78 is 0. The molecule has 0 aromatic carbocycles. The van der Waals surface area contributed by atoms with Gasteiger partial charge in [0, 0.05) is 37.0 Å². The fraction of sp³-hybridized carbons (Fsp3) is 0.667. The first kappa shape index (κ1) is 16.7. The van der Waals surface area contributed by atoms with Crippen molar-refractivity contribution in [3.8, 4) is 0 Å². The zero-order chi connectivity index (χ0) is 16.2. The molecule has 0 radical (unpaired) electrons. The van der Waals surface area contributed by atoms with Crippen molar-refractivity contribution >= 4 is 17.2 Å². The number of likely N-dealkylation sites (tertiary alicyclic amines) is 1. The van der Waals surface area contributed by atoms with Gasteiger partial charge in [0.05, 0.1) is 11.2 Å². The second kappa shape index (κ2) is 7.58. The number of carbonyl (C=O) groups is 1. The summed E-state index contributed by atoms with van der Waals surface area (Å²) in [6, 6.07) is 0. The number of aromatic nitrogens is 1. The first-order valence-electron chi connectivity index (χ1n) is 8.64. The highest BCUT2D eigenvalue weighted by Crippen LogP contribution is 2.25. The molecular weight excluding hydrogens is 306 g/mol. The Hall–Kier alpha value is -1.20. The van der Waals surface area contributed by atoms with Crippen molar-refractivity contribution in [2.75, 3.05) is 26.7 Å². The van der Waals surface area contributed by atoms with E-state index >= 15 is 0 Å². The van der Waals surface area contributed by atoms with Crippen molar-refractivity contribution in [2.45, 2.75) is 39.2 Å². The monoisotopic (exact) mass is 333 g/mol. The zero-order valence-electron chi connectivity index (χ0n) is 14.2. The molecule has 5 heteroatoms. The van der Waals surface area contributed by atoms with Crippen LogP contribution in [0.15, 0.2) is 17.7 Å². The van der Waals surface area contributed by atoms with E-state index in [9.17, 15) is 4.79 Å².